The van der Waals surface area contributed by atoms with Gasteiger partial charge in [-0.15, -0.1) is 0 Å². The zero-order valence-corrected chi connectivity index (χ0v) is 27.6. The van der Waals surface area contributed by atoms with E-state index in [4.69, 9.17) is 44.1 Å². The van der Waals surface area contributed by atoms with Crippen molar-refractivity contribution in [3.63, 3.8) is 0 Å². The van der Waals surface area contributed by atoms with E-state index in [1.54, 1.807) is 54.6 Å². The van der Waals surface area contributed by atoms with Crippen LogP contribution >= 0.6 is 0 Å². The number of carbonyl (C=O) groups is 2. The molecule has 5 aromatic rings. The molecule has 7 rings (SSSR count). The third-order valence-corrected chi connectivity index (χ3v) is 7.03. The molecule has 0 fully saturated rings. The molecule has 2 heterocycles. The zero-order valence-electron chi connectivity index (χ0n) is 27.6. The predicted octanol–water partition coefficient (Wildman–Crippen LogP) is 3.57. The van der Waals surface area contributed by atoms with Gasteiger partial charge in [0, 0.05) is 37.4 Å². The van der Waals surface area contributed by atoms with Crippen LogP contribution in [0.4, 0.5) is 0 Å². The lowest BCUT2D eigenvalue weighted by Crippen LogP contribution is -2.26. The molecule has 5 aromatic carbocycles. The Morgan fingerprint density at radius 1 is 0.731 bits per heavy atom. The molecule has 0 saturated heterocycles. The van der Waals surface area contributed by atoms with Crippen molar-refractivity contribution in [2.24, 2.45) is 0 Å². The molecule has 264 valence electrons. The van der Waals surface area contributed by atoms with E-state index in [9.17, 15) is 14.7 Å². The van der Waals surface area contributed by atoms with Crippen molar-refractivity contribution in [1.82, 2.24) is 0 Å². The van der Waals surface area contributed by atoms with Gasteiger partial charge in [0.1, 0.15) is 17.2 Å². The maximum absolute atomic E-state index is 11.6. The van der Waals surface area contributed by atoms with Gasteiger partial charge in [0.15, 0.2) is 0 Å². The van der Waals surface area contributed by atoms with Crippen LogP contribution in [-0.4, -0.2) is 34.5 Å². The van der Waals surface area contributed by atoms with Crippen LogP contribution in [0, 0.1) is 23.8 Å². The second-order valence-corrected chi connectivity index (χ2v) is 10.5. The third kappa shape index (κ3) is 10.9. The first-order chi connectivity index (χ1) is 24.9. The molecular formula is C39H29O13-. The third-order valence-electron chi connectivity index (χ3n) is 7.03. The number of phenols is 1. The number of carboxylic acid groups (broad SMARTS) is 1. The predicted molar refractivity (Wildman–Crippen MR) is 181 cm³/mol. The Labute approximate surface area is 295 Å². The van der Waals surface area contributed by atoms with E-state index in [0.717, 1.165) is 32.7 Å². The van der Waals surface area contributed by atoms with Gasteiger partial charge in [0.05, 0.1) is 11.5 Å². The van der Waals surface area contributed by atoms with Gasteiger partial charge in [-0.05, 0) is 66.1 Å². The van der Waals surface area contributed by atoms with Gasteiger partial charge in [0.25, 0.3) is 0 Å². The Morgan fingerprint density at radius 3 is 1.90 bits per heavy atom. The number of hydrogen-bond donors (Lipinski definition) is 2. The van der Waals surface area contributed by atoms with Gasteiger partial charge in [0.2, 0.25) is 6.29 Å². The van der Waals surface area contributed by atoms with E-state index in [1.165, 1.54) is 0 Å². The highest BCUT2D eigenvalue weighted by Crippen LogP contribution is 2.37. The number of rotatable bonds is 2. The van der Waals surface area contributed by atoms with E-state index in [-0.39, 0.29) is 17.9 Å². The molecule has 0 saturated carbocycles. The van der Waals surface area contributed by atoms with Crippen LogP contribution in [0.1, 0.15) is 54.8 Å². The summed E-state index contributed by atoms with van der Waals surface area (Å²) in [5.74, 6) is 0.0756. The van der Waals surface area contributed by atoms with E-state index < -0.39 is 18.2 Å². The first-order valence-corrected chi connectivity index (χ1v) is 14.8. The molecule has 0 aromatic heterocycles. The Bertz CT molecular complexity index is 2180. The van der Waals surface area contributed by atoms with E-state index in [2.05, 4.69) is 11.3 Å². The summed E-state index contributed by atoms with van der Waals surface area (Å²) in [4.78, 5) is 69.0. The number of esters is 1. The fourth-order valence-corrected chi connectivity index (χ4v) is 4.97. The summed E-state index contributed by atoms with van der Waals surface area (Å²) in [6.45, 7) is 7.89. The Morgan fingerprint density at radius 2 is 1.33 bits per heavy atom. The molecule has 0 aliphatic carbocycles. The largest absolute Gasteiger partial charge is 0.545 e. The van der Waals surface area contributed by atoms with Gasteiger partial charge >= 0.3 is 18.3 Å². The summed E-state index contributed by atoms with van der Waals surface area (Å²) in [5, 5.41) is 31.2. The molecule has 13 heteroatoms. The van der Waals surface area contributed by atoms with Gasteiger partial charge in [-0.2, -0.15) is 19.2 Å². The fourth-order valence-electron chi connectivity index (χ4n) is 4.97. The van der Waals surface area contributed by atoms with Gasteiger partial charge in [-0.3, -0.25) is 0 Å². The molecule has 1 atom stereocenters. The van der Waals surface area contributed by atoms with Crippen LogP contribution in [0.3, 0.4) is 0 Å². The number of aliphatic hydroxyl groups excluding tert-OH is 1. The molecule has 0 amide bonds. The highest BCUT2D eigenvalue weighted by Gasteiger charge is 2.28. The molecular weight excluding hydrogens is 676 g/mol. The summed E-state index contributed by atoms with van der Waals surface area (Å²) in [6, 6.07) is 32.4. The summed E-state index contributed by atoms with van der Waals surface area (Å²) in [6.07, 6.45) is -0.571. The minimum absolute atomic E-state index is 0.163. The maximum Gasteiger partial charge on any atom is 0.373 e. The quantitative estimate of drug-likeness (QED) is 0.247. The Kier molecular flexibility index (Phi) is 15.9. The van der Waals surface area contributed by atoms with Crippen LogP contribution in [0.25, 0.3) is 12.2 Å². The van der Waals surface area contributed by atoms with Crippen LogP contribution in [0.15, 0.2) is 109 Å². The molecule has 52 heavy (non-hydrogen) atoms. The first kappa shape index (κ1) is 40.9. The van der Waals surface area contributed by atoms with Crippen molar-refractivity contribution in [1.29, 1.82) is 0 Å². The number of benzene rings is 5. The minimum Gasteiger partial charge on any atom is -0.545 e. The summed E-state index contributed by atoms with van der Waals surface area (Å²) < 4.78 is 10.6. The van der Waals surface area contributed by atoms with Crippen molar-refractivity contribution in [3.8, 4) is 17.2 Å². The van der Waals surface area contributed by atoms with Crippen molar-refractivity contribution >= 4 is 36.4 Å². The fraction of sp³-hybridized carbons (Fsp3) is 0.0769. The van der Waals surface area contributed by atoms with E-state index >= 15 is 0 Å². The average Bonchev–Trinajstić information content (AvgIpc) is 3.41. The standard InChI is InChI=1S/C22H16O3.C8H6O3.C7H8O.2CO2.O2/c1-13-7-9-17-19(11-13)25-20-12-14(2)8-10-18(20)21(17)15-5-3-4-6-16(15)22(23)24;9-7-5-3-1-2-4-6(5)8(10)11-7;1-6-3-2-4-7(8)5-6;2*2-1-3;1-2/h3-12H,1H2,2H3,(H,23,24);1-4,7,9H;2-5,8H,1H3;;;/p-1. The summed E-state index contributed by atoms with van der Waals surface area (Å²) >= 11 is 0. The number of aliphatic hydroxyl groups is 1. The number of carbonyl (C=O) groups excluding carboxylic acids is 6. The molecule has 0 bridgehead atoms. The van der Waals surface area contributed by atoms with Crippen molar-refractivity contribution in [3.05, 3.63) is 169 Å². The molecule has 2 aliphatic rings. The smallest absolute Gasteiger partial charge is 0.373 e. The summed E-state index contributed by atoms with van der Waals surface area (Å²) in [5.41, 5.74) is 5.65. The highest BCUT2D eigenvalue weighted by atomic mass is 16.7. The molecule has 2 aliphatic heterocycles. The Hall–Kier alpha value is -7.30. The topological polar surface area (TPSA) is 219 Å². The minimum atomic E-state index is -1.20. The highest BCUT2D eigenvalue weighted by molar-refractivity contribution is 5.97. The van der Waals surface area contributed by atoms with Crippen molar-refractivity contribution < 1.29 is 53.6 Å². The number of aromatic carboxylic acids is 1. The van der Waals surface area contributed by atoms with Gasteiger partial charge in [-0.1, -0.05) is 85.4 Å². The molecule has 2 N–H and O–H groups in total. The SMILES string of the molecule is C=c1ccc2c(c1)Oc1cc(C)ccc1C=2c1ccccc1C(=O)[O-].Cc1cccc(O)c1.O=C1OC(O)c2ccccc21.O=C=O.O=C=O.O=O. The molecule has 13 nitrogen and oxygen atoms in total. The molecule has 0 spiro atoms. The molecule has 1 unspecified atom stereocenters. The normalized spacial score (nSPS) is 12.1. The number of aryl methyl sites for hydroxylation is 2. The number of hydrogen-bond acceptors (Lipinski definition) is 13. The number of fused-ring (bicyclic) bond motifs is 3. The number of aromatic hydroxyl groups is 1. The Balaban J connectivity index is 0.000000285. The van der Waals surface area contributed by atoms with E-state index in [0.29, 0.717) is 33.9 Å². The van der Waals surface area contributed by atoms with E-state index in [1.807, 2.05) is 68.4 Å². The van der Waals surface area contributed by atoms with Crippen molar-refractivity contribution in [2.75, 3.05) is 0 Å². The molecule has 0 radical (unpaired) electrons. The van der Waals surface area contributed by atoms with Crippen LogP contribution < -0.4 is 20.3 Å². The number of carboxylic acids is 1. The number of phenolic OH excluding ortho intramolecular Hbond substituents is 1. The second kappa shape index (κ2) is 20.3. The lowest BCUT2D eigenvalue weighted by atomic mass is 9.89. The van der Waals surface area contributed by atoms with Crippen LogP contribution in [-0.2, 0) is 23.9 Å². The number of cyclic esters (lactones) is 1. The van der Waals surface area contributed by atoms with Crippen molar-refractivity contribution in [2.45, 2.75) is 20.1 Å². The average molecular weight is 706 g/mol. The summed E-state index contributed by atoms with van der Waals surface area (Å²) in [7, 11) is 0. The number of ether oxygens (including phenoxy) is 2. The first-order valence-electron chi connectivity index (χ1n) is 14.8. The lowest BCUT2D eigenvalue weighted by Gasteiger charge is -2.23. The van der Waals surface area contributed by atoms with Gasteiger partial charge in [-0.25, -0.2) is 4.79 Å². The van der Waals surface area contributed by atoms with Crippen LogP contribution in [0.2, 0.25) is 0 Å². The second-order valence-electron chi connectivity index (χ2n) is 10.5. The lowest BCUT2D eigenvalue weighted by molar-refractivity contribution is -0.255. The maximum atomic E-state index is 11.6. The zero-order chi connectivity index (χ0) is 38.8. The van der Waals surface area contributed by atoms with Crippen LogP contribution in [0.5, 0.6) is 17.2 Å². The van der Waals surface area contributed by atoms with Gasteiger partial charge < -0.3 is 29.6 Å². The monoisotopic (exact) mass is 705 g/mol.